The van der Waals surface area contributed by atoms with E-state index < -0.39 is 0 Å². The predicted molar refractivity (Wildman–Crippen MR) is 218 cm³/mol. The van der Waals surface area contributed by atoms with Gasteiger partial charge in [0.05, 0.1) is 0 Å². The highest BCUT2D eigenvalue weighted by atomic mass is 16.3. The molecule has 0 saturated carbocycles. The Balaban J connectivity index is 1.18. The molecule has 10 aromatic carbocycles. The molecule has 1 heterocycles. The molecule has 11 rings (SSSR count). The van der Waals surface area contributed by atoms with Gasteiger partial charge in [-0.3, -0.25) is 0 Å². The second-order valence-corrected chi connectivity index (χ2v) is 13.6. The predicted octanol–water partition coefficient (Wildman–Crippen LogP) is 14.4. The number of hydrogen-bond donors (Lipinski definition) is 0. The van der Waals surface area contributed by atoms with Gasteiger partial charge in [-0.2, -0.15) is 0 Å². The van der Waals surface area contributed by atoms with E-state index in [-0.39, 0.29) is 0 Å². The van der Waals surface area contributed by atoms with Crippen LogP contribution in [0.4, 0.5) is 0 Å². The summed E-state index contributed by atoms with van der Waals surface area (Å²) in [6.45, 7) is 0. The first-order valence-corrected chi connectivity index (χ1v) is 17.6. The molecule has 0 radical (unpaired) electrons. The molecule has 0 saturated heterocycles. The van der Waals surface area contributed by atoms with Crippen LogP contribution in [0.2, 0.25) is 0 Å². The summed E-state index contributed by atoms with van der Waals surface area (Å²) in [6, 6.07) is 66.4. The molecule has 0 atom stereocenters. The summed E-state index contributed by atoms with van der Waals surface area (Å²) in [5.41, 5.74) is 9.19. The Bertz CT molecular complexity index is 3140. The lowest BCUT2D eigenvalue weighted by atomic mass is 9.85. The molecule has 11 aromatic rings. The summed E-state index contributed by atoms with van der Waals surface area (Å²) in [5.74, 6) is 0. The molecular formula is C50H30O. The van der Waals surface area contributed by atoms with E-state index in [1.54, 1.807) is 0 Å². The van der Waals surface area contributed by atoms with Crippen molar-refractivity contribution in [1.29, 1.82) is 0 Å². The lowest BCUT2D eigenvalue weighted by molar-refractivity contribution is 0.673. The Morgan fingerprint density at radius 2 is 0.725 bits per heavy atom. The lowest BCUT2D eigenvalue weighted by Gasteiger charge is -2.18. The van der Waals surface area contributed by atoms with Gasteiger partial charge < -0.3 is 4.42 Å². The molecule has 0 amide bonds. The van der Waals surface area contributed by atoms with Gasteiger partial charge in [-0.25, -0.2) is 0 Å². The van der Waals surface area contributed by atoms with Gasteiger partial charge in [-0.05, 0) is 112 Å². The van der Waals surface area contributed by atoms with Crippen LogP contribution < -0.4 is 0 Å². The van der Waals surface area contributed by atoms with Gasteiger partial charge in [0.25, 0.3) is 0 Å². The highest BCUT2D eigenvalue weighted by Crippen LogP contribution is 2.46. The lowest BCUT2D eigenvalue weighted by Crippen LogP contribution is -1.91. The van der Waals surface area contributed by atoms with Crippen LogP contribution in [0.25, 0.3) is 109 Å². The van der Waals surface area contributed by atoms with Crippen molar-refractivity contribution in [3.63, 3.8) is 0 Å². The quantitative estimate of drug-likeness (QED) is 0.174. The average Bonchev–Trinajstić information content (AvgIpc) is 3.57. The van der Waals surface area contributed by atoms with Crippen LogP contribution in [0.5, 0.6) is 0 Å². The largest absolute Gasteiger partial charge is 0.455 e. The molecule has 0 spiro atoms. The maximum Gasteiger partial charge on any atom is 0.143 e. The van der Waals surface area contributed by atoms with Gasteiger partial charge in [-0.1, -0.05) is 152 Å². The average molecular weight is 647 g/mol. The van der Waals surface area contributed by atoms with E-state index in [9.17, 15) is 0 Å². The molecule has 51 heavy (non-hydrogen) atoms. The van der Waals surface area contributed by atoms with Gasteiger partial charge in [0.15, 0.2) is 0 Å². The van der Waals surface area contributed by atoms with Gasteiger partial charge in [0, 0.05) is 16.2 Å². The second kappa shape index (κ2) is 10.9. The number of furan rings is 1. The highest BCUT2D eigenvalue weighted by Gasteiger charge is 2.19. The van der Waals surface area contributed by atoms with Gasteiger partial charge >= 0.3 is 0 Å². The first-order valence-electron chi connectivity index (χ1n) is 17.6. The third kappa shape index (κ3) is 4.28. The van der Waals surface area contributed by atoms with E-state index in [1.807, 2.05) is 0 Å². The Morgan fingerprint density at radius 3 is 1.33 bits per heavy atom. The zero-order valence-corrected chi connectivity index (χ0v) is 27.7. The zero-order chi connectivity index (χ0) is 33.5. The van der Waals surface area contributed by atoms with Crippen molar-refractivity contribution in [1.82, 2.24) is 0 Å². The Kier molecular flexibility index (Phi) is 6.02. The molecule has 1 heteroatoms. The standard InChI is InChI=1S/C50H30O/c1-3-13-33-27-35(23-21-31(33)11-1)44-30-46-45-29-37(25-26-47(45)51-50(46)43-20-10-5-15-38(43)44)49-41-18-8-6-16-39(41)48(40-17-7-9-19-42(40)49)36-24-22-32-12-2-4-14-34(32)28-36/h1-30H. The summed E-state index contributed by atoms with van der Waals surface area (Å²) in [5, 5.41) is 14.6. The molecule has 1 nitrogen and oxygen atoms in total. The summed E-state index contributed by atoms with van der Waals surface area (Å²) in [4.78, 5) is 0. The van der Waals surface area contributed by atoms with Gasteiger partial charge in [-0.15, -0.1) is 0 Å². The minimum absolute atomic E-state index is 0.899. The number of benzene rings is 10. The second-order valence-electron chi connectivity index (χ2n) is 13.6. The molecule has 236 valence electrons. The fourth-order valence-corrected chi connectivity index (χ4v) is 8.44. The number of fused-ring (bicyclic) bond motifs is 9. The zero-order valence-electron chi connectivity index (χ0n) is 27.7. The van der Waals surface area contributed by atoms with Crippen LogP contribution >= 0.6 is 0 Å². The monoisotopic (exact) mass is 646 g/mol. The van der Waals surface area contributed by atoms with E-state index in [0.717, 1.165) is 27.3 Å². The Morgan fingerprint density at radius 1 is 0.275 bits per heavy atom. The van der Waals surface area contributed by atoms with Crippen molar-refractivity contribution in [3.05, 3.63) is 182 Å². The fourth-order valence-electron chi connectivity index (χ4n) is 8.44. The van der Waals surface area contributed by atoms with Crippen LogP contribution in [0.1, 0.15) is 0 Å². The molecule has 1 aromatic heterocycles. The van der Waals surface area contributed by atoms with E-state index in [0.29, 0.717) is 0 Å². The van der Waals surface area contributed by atoms with Crippen LogP contribution in [-0.2, 0) is 0 Å². The molecule has 0 bridgehead atoms. The van der Waals surface area contributed by atoms with Crippen molar-refractivity contribution >= 4 is 75.8 Å². The van der Waals surface area contributed by atoms with Crippen LogP contribution in [0, 0.1) is 0 Å². The van der Waals surface area contributed by atoms with Crippen molar-refractivity contribution in [2.45, 2.75) is 0 Å². The minimum Gasteiger partial charge on any atom is -0.455 e. The van der Waals surface area contributed by atoms with Crippen molar-refractivity contribution in [2.24, 2.45) is 0 Å². The van der Waals surface area contributed by atoms with Crippen molar-refractivity contribution in [2.75, 3.05) is 0 Å². The maximum atomic E-state index is 6.70. The third-order valence-electron chi connectivity index (χ3n) is 10.8. The highest BCUT2D eigenvalue weighted by molar-refractivity contribution is 6.24. The maximum absolute atomic E-state index is 6.70. The first kappa shape index (κ1) is 28.2. The van der Waals surface area contributed by atoms with Crippen molar-refractivity contribution < 1.29 is 4.42 Å². The van der Waals surface area contributed by atoms with E-state index in [4.69, 9.17) is 4.42 Å². The Hall–Kier alpha value is -6.70. The van der Waals surface area contributed by atoms with Crippen LogP contribution in [-0.4, -0.2) is 0 Å². The molecule has 0 aliphatic heterocycles. The van der Waals surface area contributed by atoms with E-state index >= 15 is 0 Å². The van der Waals surface area contributed by atoms with Gasteiger partial charge in [0.2, 0.25) is 0 Å². The number of rotatable bonds is 3. The first-order chi connectivity index (χ1) is 25.3. The number of hydrogen-bond acceptors (Lipinski definition) is 1. The molecule has 0 N–H and O–H groups in total. The third-order valence-corrected chi connectivity index (χ3v) is 10.8. The normalized spacial score (nSPS) is 11.9. The van der Waals surface area contributed by atoms with Gasteiger partial charge in [0.1, 0.15) is 11.2 Å². The molecule has 0 aliphatic carbocycles. The summed E-state index contributed by atoms with van der Waals surface area (Å²) in [7, 11) is 0. The summed E-state index contributed by atoms with van der Waals surface area (Å²) in [6.07, 6.45) is 0. The van der Waals surface area contributed by atoms with Crippen LogP contribution in [0.15, 0.2) is 186 Å². The van der Waals surface area contributed by atoms with E-state index in [2.05, 4.69) is 182 Å². The topological polar surface area (TPSA) is 13.1 Å². The Labute approximate surface area is 294 Å². The molecule has 0 unspecified atom stereocenters. The summed E-state index contributed by atoms with van der Waals surface area (Å²) < 4.78 is 6.70. The minimum atomic E-state index is 0.899. The summed E-state index contributed by atoms with van der Waals surface area (Å²) >= 11 is 0. The SMILES string of the molecule is c1ccc2cc(-c3c4ccccc4c(-c4ccc5oc6c7ccccc7c(-c7ccc8ccccc8c7)cc6c5c4)c4ccccc34)ccc2c1. The van der Waals surface area contributed by atoms with Crippen molar-refractivity contribution in [3.8, 4) is 33.4 Å². The van der Waals surface area contributed by atoms with E-state index in [1.165, 1.54) is 81.9 Å². The molecule has 0 fully saturated rings. The smallest absolute Gasteiger partial charge is 0.143 e. The fraction of sp³-hybridized carbons (Fsp3) is 0. The molecule has 0 aliphatic rings. The molecular weight excluding hydrogens is 617 g/mol. The van der Waals surface area contributed by atoms with Crippen LogP contribution in [0.3, 0.4) is 0 Å².